The molecule has 1 aromatic carbocycles. The molecule has 1 aliphatic rings. The topological polar surface area (TPSA) is 75.6 Å². The average molecular weight is 302 g/mol. The van der Waals surface area contributed by atoms with Gasteiger partial charge in [0.05, 0.1) is 5.92 Å². The van der Waals surface area contributed by atoms with Crippen LogP contribution in [0.3, 0.4) is 0 Å². The lowest BCUT2D eigenvalue weighted by atomic mass is 10.0. The fraction of sp³-hybridized carbons (Fsp3) is 0.500. The molecule has 6 nitrogen and oxygen atoms in total. The van der Waals surface area contributed by atoms with Crippen molar-refractivity contribution in [3.8, 4) is 0 Å². The van der Waals surface area contributed by atoms with E-state index in [1.54, 1.807) is 0 Å². The maximum Gasteiger partial charge on any atom is 0.298 e. The summed E-state index contributed by atoms with van der Waals surface area (Å²) in [6.45, 7) is 6.56. The number of anilines is 1. The first-order valence-corrected chi connectivity index (χ1v) is 7.71. The van der Waals surface area contributed by atoms with Crippen LogP contribution in [0.1, 0.15) is 13.8 Å². The molecule has 2 atom stereocenters. The van der Waals surface area contributed by atoms with E-state index in [0.29, 0.717) is 19.1 Å². The molecule has 1 saturated heterocycles. The molecule has 1 fully saturated rings. The molecule has 22 heavy (non-hydrogen) atoms. The summed E-state index contributed by atoms with van der Waals surface area (Å²) in [5, 5.41) is 0. The van der Waals surface area contributed by atoms with E-state index < -0.39 is 0 Å². The van der Waals surface area contributed by atoms with Crippen molar-refractivity contribution >= 4 is 23.0 Å². The third-order valence-electron chi connectivity index (χ3n) is 4.32. The van der Waals surface area contributed by atoms with E-state index in [4.69, 9.17) is 10.2 Å². The van der Waals surface area contributed by atoms with E-state index >= 15 is 0 Å². The second-order valence-electron chi connectivity index (χ2n) is 5.92. The maximum absolute atomic E-state index is 12.3. The molecule has 0 radical (unpaired) electrons. The predicted octanol–water partition coefficient (Wildman–Crippen LogP) is 1.46. The summed E-state index contributed by atoms with van der Waals surface area (Å²) in [5.74, 6) is -0.0110. The smallest absolute Gasteiger partial charge is 0.298 e. The molecule has 2 aromatic rings. The molecule has 6 heteroatoms. The molecule has 0 saturated carbocycles. The van der Waals surface area contributed by atoms with E-state index in [1.165, 1.54) is 0 Å². The number of rotatable bonds is 3. The molecule has 0 bridgehead atoms. The number of oxazole rings is 1. The van der Waals surface area contributed by atoms with Gasteiger partial charge >= 0.3 is 0 Å². The molecule has 2 unspecified atom stereocenters. The molecule has 118 valence electrons. The van der Waals surface area contributed by atoms with Gasteiger partial charge in [0.1, 0.15) is 5.52 Å². The number of amides is 1. The Hall–Kier alpha value is -2.08. The number of hydrogen-bond donors (Lipinski definition) is 1. The molecule has 3 rings (SSSR count). The number of carbonyl (C=O) groups excluding carboxylic acids is 1. The van der Waals surface area contributed by atoms with Crippen LogP contribution in [0.4, 0.5) is 6.01 Å². The van der Waals surface area contributed by atoms with Gasteiger partial charge in [0.2, 0.25) is 5.91 Å². The van der Waals surface area contributed by atoms with Crippen LogP contribution in [-0.4, -0.2) is 48.0 Å². The minimum absolute atomic E-state index is 0.123. The highest BCUT2D eigenvalue weighted by Crippen LogP contribution is 2.22. The van der Waals surface area contributed by atoms with E-state index in [2.05, 4.69) is 9.88 Å². The van der Waals surface area contributed by atoms with Crippen molar-refractivity contribution in [3.63, 3.8) is 0 Å². The van der Waals surface area contributed by atoms with E-state index in [1.807, 2.05) is 43.0 Å². The first-order valence-electron chi connectivity index (χ1n) is 7.71. The summed E-state index contributed by atoms with van der Waals surface area (Å²) in [6.07, 6.45) is 0. The van der Waals surface area contributed by atoms with Gasteiger partial charge in [-0.2, -0.15) is 4.98 Å². The third-order valence-corrected chi connectivity index (χ3v) is 4.32. The van der Waals surface area contributed by atoms with Crippen molar-refractivity contribution in [2.24, 2.45) is 11.7 Å². The van der Waals surface area contributed by atoms with Crippen LogP contribution in [0.5, 0.6) is 0 Å². The molecule has 2 heterocycles. The second kappa shape index (κ2) is 5.96. The lowest BCUT2D eigenvalue weighted by Gasteiger charge is -2.35. The highest BCUT2D eigenvalue weighted by atomic mass is 16.4. The van der Waals surface area contributed by atoms with Gasteiger partial charge in [0.25, 0.3) is 6.01 Å². The van der Waals surface area contributed by atoms with Gasteiger partial charge in [-0.1, -0.05) is 19.1 Å². The monoisotopic (exact) mass is 302 g/mol. The van der Waals surface area contributed by atoms with Crippen molar-refractivity contribution in [1.82, 2.24) is 9.88 Å². The van der Waals surface area contributed by atoms with Gasteiger partial charge in [0.15, 0.2) is 5.58 Å². The average Bonchev–Trinajstić information content (AvgIpc) is 2.97. The summed E-state index contributed by atoms with van der Waals surface area (Å²) >= 11 is 0. The Kier molecular flexibility index (Phi) is 4.02. The fourth-order valence-electron chi connectivity index (χ4n) is 2.63. The van der Waals surface area contributed by atoms with Crippen molar-refractivity contribution in [2.75, 3.05) is 31.1 Å². The summed E-state index contributed by atoms with van der Waals surface area (Å²) in [7, 11) is 0. The van der Waals surface area contributed by atoms with Crippen LogP contribution in [0.25, 0.3) is 11.1 Å². The number of nitrogens with two attached hydrogens (primary N) is 1. The highest BCUT2D eigenvalue weighted by Gasteiger charge is 2.28. The third kappa shape index (κ3) is 2.78. The molecule has 1 aliphatic heterocycles. The SMILES string of the molecule is CC(N)C(C)C(=O)N1CCN(c2nc3ccccc3o2)CC1. The quantitative estimate of drug-likeness (QED) is 0.929. The van der Waals surface area contributed by atoms with E-state index in [0.717, 1.165) is 24.2 Å². The molecular weight excluding hydrogens is 280 g/mol. The Morgan fingerprint density at radius 2 is 1.91 bits per heavy atom. The number of para-hydroxylation sites is 2. The molecule has 2 N–H and O–H groups in total. The standard InChI is InChI=1S/C16H22N4O2/c1-11(12(2)17)15(21)19-7-9-20(10-8-19)16-18-13-5-3-4-6-14(13)22-16/h3-6,11-12H,7-10,17H2,1-2H3. The van der Waals surface area contributed by atoms with Gasteiger partial charge in [-0.25, -0.2) is 0 Å². The molecule has 1 amide bonds. The molecule has 0 spiro atoms. The fourth-order valence-corrected chi connectivity index (χ4v) is 2.63. The predicted molar refractivity (Wildman–Crippen MR) is 85.6 cm³/mol. The van der Waals surface area contributed by atoms with Gasteiger partial charge in [0, 0.05) is 32.2 Å². The molecular formula is C16H22N4O2. The minimum atomic E-state index is -0.143. The Labute approximate surface area is 129 Å². The first-order chi connectivity index (χ1) is 10.6. The van der Waals surface area contributed by atoms with Crippen LogP contribution in [0.2, 0.25) is 0 Å². The van der Waals surface area contributed by atoms with Crippen LogP contribution < -0.4 is 10.6 Å². The normalized spacial score (nSPS) is 18.5. The van der Waals surface area contributed by atoms with Crippen molar-refractivity contribution in [2.45, 2.75) is 19.9 Å². The molecule has 0 aliphatic carbocycles. The van der Waals surface area contributed by atoms with Crippen molar-refractivity contribution < 1.29 is 9.21 Å². The van der Waals surface area contributed by atoms with Crippen LogP contribution >= 0.6 is 0 Å². The van der Waals surface area contributed by atoms with E-state index in [9.17, 15) is 4.79 Å². The number of nitrogens with zero attached hydrogens (tertiary/aromatic N) is 3. The Morgan fingerprint density at radius 1 is 1.23 bits per heavy atom. The van der Waals surface area contributed by atoms with Gasteiger partial charge in [-0.05, 0) is 19.1 Å². The number of fused-ring (bicyclic) bond motifs is 1. The summed E-state index contributed by atoms with van der Waals surface area (Å²) in [4.78, 5) is 20.8. The lowest BCUT2D eigenvalue weighted by Crippen LogP contribution is -2.52. The zero-order valence-electron chi connectivity index (χ0n) is 13.0. The minimum Gasteiger partial charge on any atom is -0.423 e. The van der Waals surface area contributed by atoms with E-state index in [-0.39, 0.29) is 17.9 Å². The second-order valence-corrected chi connectivity index (χ2v) is 5.92. The molecule has 1 aromatic heterocycles. The lowest BCUT2D eigenvalue weighted by molar-refractivity contribution is -0.135. The number of benzene rings is 1. The number of piperazine rings is 1. The number of carbonyl (C=O) groups is 1. The van der Waals surface area contributed by atoms with Crippen molar-refractivity contribution in [1.29, 1.82) is 0 Å². The van der Waals surface area contributed by atoms with Gasteiger partial charge in [-0.15, -0.1) is 0 Å². The van der Waals surface area contributed by atoms with Gasteiger partial charge < -0.3 is 20.0 Å². The van der Waals surface area contributed by atoms with Crippen molar-refractivity contribution in [3.05, 3.63) is 24.3 Å². The first kappa shape index (κ1) is 14.8. The highest BCUT2D eigenvalue weighted by molar-refractivity contribution is 5.79. The summed E-state index contributed by atoms with van der Waals surface area (Å²) < 4.78 is 5.78. The Morgan fingerprint density at radius 3 is 2.55 bits per heavy atom. The van der Waals surface area contributed by atoms with Gasteiger partial charge in [-0.3, -0.25) is 4.79 Å². The Bertz CT molecular complexity index is 626. The number of hydrogen-bond acceptors (Lipinski definition) is 5. The Balaban J connectivity index is 1.65. The number of aromatic nitrogens is 1. The van der Waals surface area contributed by atoms with Crippen LogP contribution in [-0.2, 0) is 4.79 Å². The largest absolute Gasteiger partial charge is 0.423 e. The summed E-state index contributed by atoms with van der Waals surface area (Å²) in [6, 6.07) is 8.24. The summed E-state index contributed by atoms with van der Waals surface area (Å²) in [5.41, 5.74) is 7.48. The zero-order valence-corrected chi connectivity index (χ0v) is 13.0. The van der Waals surface area contributed by atoms with Crippen LogP contribution in [0, 0.1) is 5.92 Å². The zero-order chi connectivity index (χ0) is 15.7. The van der Waals surface area contributed by atoms with Crippen LogP contribution in [0.15, 0.2) is 28.7 Å². The maximum atomic E-state index is 12.3.